The van der Waals surface area contributed by atoms with Crippen molar-refractivity contribution in [2.24, 2.45) is 0 Å². The molecule has 1 unspecified atom stereocenters. The van der Waals surface area contributed by atoms with Crippen LogP contribution in [0.25, 0.3) is 0 Å². The minimum atomic E-state index is -0.329. The fourth-order valence-electron chi connectivity index (χ4n) is 2.44. The van der Waals surface area contributed by atoms with Crippen LogP contribution in [-0.2, 0) is 0 Å². The van der Waals surface area contributed by atoms with Crippen LogP contribution in [-0.4, -0.2) is 29.3 Å². The Hall–Kier alpha value is -0.190. The first-order chi connectivity index (χ1) is 8.09. The van der Waals surface area contributed by atoms with Gasteiger partial charge in [-0.1, -0.05) is 6.92 Å². The molecule has 0 spiro atoms. The van der Waals surface area contributed by atoms with Gasteiger partial charge in [0, 0.05) is 4.47 Å². The molecule has 0 bridgehead atoms. The number of rotatable bonds is 4. The SMILES string of the molecule is CCC(C)(C(=O)c1sccc1Br)N1CCCC1. The summed E-state index contributed by atoms with van der Waals surface area (Å²) in [7, 11) is 0. The average molecular weight is 316 g/mol. The standard InChI is InChI=1S/C13H18BrNOS/c1-3-13(2,15-7-4-5-8-15)12(16)11-10(14)6-9-17-11/h6,9H,3-5,7-8H2,1-2H3. The number of ketones is 1. The van der Waals surface area contributed by atoms with Gasteiger partial charge in [-0.2, -0.15) is 0 Å². The van der Waals surface area contributed by atoms with Crippen molar-refractivity contribution in [3.05, 3.63) is 20.8 Å². The Morgan fingerprint density at radius 3 is 2.65 bits per heavy atom. The summed E-state index contributed by atoms with van der Waals surface area (Å²) in [5.41, 5.74) is -0.329. The summed E-state index contributed by atoms with van der Waals surface area (Å²) in [6.45, 7) is 6.31. The summed E-state index contributed by atoms with van der Waals surface area (Å²) in [5, 5.41) is 1.97. The molecule has 1 aromatic rings. The summed E-state index contributed by atoms with van der Waals surface area (Å²) in [6.07, 6.45) is 3.30. The molecule has 0 N–H and O–H groups in total. The van der Waals surface area contributed by atoms with Crippen molar-refractivity contribution < 1.29 is 4.79 Å². The van der Waals surface area contributed by atoms with E-state index in [1.165, 1.54) is 24.2 Å². The largest absolute Gasteiger partial charge is 0.291 e. The van der Waals surface area contributed by atoms with E-state index in [-0.39, 0.29) is 11.3 Å². The number of likely N-dealkylation sites (tertiary alicyclic amines) is 1. The van der Waals surface area contributed by atoms with Crippen LogP contribution in [0.4, 0.5) is 0 Å². The highest BCUT2D eigenvalue weighted by Crippen LogP contribution is 2.33. The van der Waals surface area contributed by atoms with Gasteiger partial charge in [0.2, 0.25) is 0 Å². The highest BCUT2D eigenvalue weighted by molar-refractivity contribution is 9.10. The Bertz CT molecular complexity index is 411. The molecule has 2 nitrogen and oxygen atoms in total. The number of thiophene rings is 1. The lowest BCUT2D eigenvalue weighted by Crippen LogP contribution is -2.50. The van der Waals surface area contributed by atoms with E-state index < -0.39 is 0 Å². The van der Waals surface area contributed by atoms with Gasteiger partial charge in [-0.05, 0) is 66.7 Å². The average Bonchev–Trinajstić information content (AvgIpc) is 2.97. The van der Waals surface area contributed by atoms with Gasteiger partial charge in [-0.15, -0.1) is 11.3 Å². The summed E-state index contributed by atoms with van der Waals surface area (Å²) < 4.78 is 0.936. The molecule has 0 radical (unpaired) electrons. The Balaban J connectivity index is 2.28. The third kappa shape index (κ3) is 2.35. The summed E-state index contributed by atoms with van der Waals surface area (Å²) >= 11 is 5.00. The molecule has 4 heteroatoms. The molecular formula is C13H18BrNOS. The first-order valence-electron chi connectivity index (χ1n) is 6.12. The topological polar surface area (TPSA) is 20.3 Å². The highest BCUT2D eigenvalue weighted by Gasteiger charge is 2.40. The predicted octanol–water partition coefficient (Wildman–Crippen LogP) is 3.96. The second-order valence-corrected chi connectivity index (χ2v) is 6.52. The molecule has 0 aliphatic carbocycles. The lowest BCUT2D eigenvalue weighted by atomic mass is 9.90. The minimum absolute atomic E-state index is 0.267. The Morgan fingerprint density at radius 1 is 1.53 bits per heavy atom. The quantitative estimate of drug-likeness (QED) is 0.784. The van der Waals surface area contributed by atoms with Crippen LogP contribution in [0.5, 0.6) is 0 Å². The first kappa shape index (κ1) is 13.2. The van der Waals surface area contributed by atoms with Gasteiger partial charge in [0.15, 0.2) is 5.78 Å². The van der Waals surface area contributed by atoms with E-state index in [0.29, 0.717) is 0 Å². The molecule has 2 heterocycles. The van der Waals surface area contributed by atoms with Crippen molar-refractivity contribution in [3.63, 3.8) is 0 Å². The van der Waals surface area contributed by atoms with Crippen molar-refractivity contribution in [1.29, 1.82) is 0 Å². The van der Waals surface area contributed by atoms with Crippen molar-refractivity contribution in [2.45, 2.75) is 38.6 Å². The normalized spacial score (nSPS) is 20.4. The van der Waals surface area contributed by atoms with Crippen LogP contribution in [0.1, 0.15) is 42.8 Å². The smallest absolute Gasteiger partial charge is 0.193 e. The maximum atomic E-state index is 12.7. The van der Waals surface area contributed by atoms with Crippen molar-refractivity contribution in [1.82, 2.24) is 4.90 Å². The third-order valence-corrected chi connectivity index (χ3v) is 5.64. The molecule has 0 amide bonds. The molecule has 1 atom stereocenters. The van der Waals surface area contributed by atoms with Crippen LogP contribution in [0.3, 0.4) is 0 Å². The van der Waals surface area contributed by atoms with Gasteiger partial charge in [0.05, 0.1) is 10.4 Å². The number of halogens is 1. The van der Waals surface area contributed by atoms with Crippen molar-refractivity contribution in [3.8, 4) is 0 Å². The maximum Gasteiger partial charge on any atom is 0.193 e. The van der Waals surface area contributed by atoms with Gasteiger partial charge in [-0.25, -0.2) is 0 Å². The van der Waals surface area contributed by atoms with E-state index in [4.69, 9.17) is 0 Å². The predicted molar refractivity (Wildman–Crippen MR) is 75.9 cm³/mol. The second kappa shape index (κ2) is 5.21. The second-order valence-electron chi connectivity index (χ2n) is 4.75. The maximum absolute atomic E-state index is 12.7. The fourth-order valence-corrected chi connectivity index (χ4v) is 4.05. The Labute approximate surface area is 115 Å². The monoisotopic (exact) mass is 315 g/mol. The summed E-state index contributed by atoms with van der Waals surface area (Å²) in [6, 6.07) is 1.96. The van der Waals surface area contributed by atoms with Gasteiger partial charge in [-0.3, -0.25) is 9.69 Å². The first-order valence-corrected chi connectivity index (χ1v) is 7.79. The van der Waals surface area contributed by atoms with Crippen LogP contribution in [0, 0.1) is 0 Å². The van der Waals surface area contributed by atoms with E-state index >= 15 is 0 Å². The highest BCUT2D eigenvalue weighted by atomic mass is 79.9. The Morgan fingerprint density at radius 2 is 2.18 bits per heavy atom. The van der Waals surface area contributed by atoms with Crippen LogP contribution < -0.4 is 0 Å². The molecule has 1 aliphatic heterocycles. The van der Waals surface area contributed by atoms with E-state index in [9.17, 15) is 4.79 Å². The molecule has 0 aromatic carbocycles. The number of carbonyl (C=O) groups is 1. The van der Waals surface area contributed by atoms with E-state index in [1.807, 2.05) is 11.4 Å². The van der Waals surface area contributed by atoms with Gasteiger partial charge in [0.1, 0.15) is 0 Å². The molecule has 1 saturated heterocycles. The Kier molecular flexibility index (Phi) is 4.06. The third-order valence-electron chi connectivity index (χ3n) is 3.81. The zero-order valence-corrected chi connectivity index (χ0v) is 12.7. The van der Waals surface area contributed by atoms with Crippen molar-refractivity contribution >= 4 is 33.0 Å². The molecule has 0 saturated carbocycles. The number of hydrogen-bond donors (Lipinski definition) is 0. The minimum Gasteiger partial charge on any atom is -0.291 e. The molecule has 1 fully saturated rings. The fraction of sp³-hybridized carbons (Fsp3) is 0.615. The molecular weight excluding hydrogens is 298 g/mol. The lowest BCUT2D eigenvalue weighted by Gasteiger charge is -2.36. The van der Waals surface area contributed by atoms with Crippen molar-refractivity contribution in [2.75, 3.05) is 13.1 Å². The van der Waals surface area contributed by atoms with Crippen LogP contribution in [0.2, 0.25) is 0 Å². The lowest BCUT2D eigenvalue weighted by molar-refractivity contribution is 0.0651. The molecule has 94 valence electrons. The number of carbonyl (C=O) groups excluding carboxylic acids is 1. The molecule has 17 heavy (non-hydrogen) atoms. The zero-order valence-electron chi connectivity index (χ0n) is 10.3. The summed E-state index contributed by atoms with van der Waals surface area (Å²) in [5.74, 6) is 0.267. The van der Waals surface area contributed by atoms with E-state index in [0.717, 1.165) is 28.9 Å². The number of hydrogen-bond acceptors (Lipinski definition) is 3. The molecule has 1 aliphatic rings. The van der Waals surface area contributed by atoms with Crippen LogP contribution in [0.15, 0.2) is 15.9 Å². The summed E-state index contributed by atoms with van der Waals surface area (Å²) in [4.78, 5) is 15.9. The van der Waals surface area contributed by atoms with Gasteiger partial charge < -0.3 is 0 Å². The molecule has 1 aromatic heterocycles. The van der Waals surface area contributed by atoms with Gasteiger partial charge in [0.25, 0.3) is 0 Å². The van der Waals surface area contributed by atoms with E-state index in [2.05, 4.69) is 34.7 Å². The number of Topliss-reactive ketones (excluding diaryl/α,β-unsaturated/α-hetero) is 1. The van der Waals surface area contributed by atoms with Crippen LogP contribution >= 0.6 is 27.3 Å². The molecule has 2 rings (SSSR count). The zero-order chi connectivity index (χ0) is 12.5. The van der Waals surface area contributed by atoms with Gasteiger partial charge >= 0.3 is 0 Å². The van der Waals surface area contributed by atoms with E-state index in [1.54, 1.807) is 0 Å². The number of nitrogens with zero attached hydrogens (tertiary/aromatic N) is 1.